The summed E-state index contributed by atoms with van der Waals surface area (Å²) in [5.41, 5.74) is 2.38. The van der Waals surface area contributed by atoms with Crippen molar-refractivity contribution < 1.29 is 9.59 Å². The van der Waals surface area contributed by atoms with Crippen LogP contribution < -0.4 is 0 Å². The predicted octanol–water partition coefficient (Wildman–Crippen LogP) is 2.83. The number of hydrogen-bond acceptors (Lipinski definition) is 4. The largest absolute Gasteiger partial charge is 0.297 e. The highest BCUT2D eigenvalue weighted by atomic mass is 35.5. The molecular formula is C23H26ClN3O2. The summed E-state index contributed by atoms with van der Waals surface area (Å²) in [5, 5.41) is 0.750. The van der Waals surface area contributed by atoms with Gasteiger partial charge in [-0.15, -0.1) is 0 Å². The molecular weight excluding hydrogens is 386 g/mol. The monoisotopic (exact) mass is 411 g/mol. The second-order valence-corrected chi connectivity index (χ2v) is 8.21. The Hall–Kier alpha value is -2.21. The molecule has 0 radical (unpaired) electrons. The topological polar surface area (TPSA) is 43.9 Å². The van der Waals surface area contributed by atoms with Crippen LogP contribution in [0.1, 0.15) is 17.5 Å². The first kappa shape index (κ1) is 20.1. The number of carbonyl (C=O) groups is 2. The lowest BCUT2D eigenvalue weighted by atomic mass is 10.1. The number of rotatable bonds is 6. The van der Waals surface area contributed by atoms with Gasteiger partial charge in [-0.1, -0.05) is 54.1 Å². The summed E-state index contributed by atoms with van der Waals surface area (Å²) in [6.45, 7) is 4.75. The number of nitrogens with zero attached hydrogens (tertiary/aromatic N) is 3. The molecule has 0 unspecified atom stereocenters. The zero-order chi connectivity index (χ0) is 20.2. The number of imide groups is 1. The minimum Gasteiger partial charge on any atom is -0.297 e. The van der Waals surface area contributed by atoms with Crippen molar-refractivity contribution in [1.29, 1.82) is 0 Å². The van der Waals surface area contributed by atoms with Crippen molar-refractivity contribution in [1.82, 2.24) is 14.7 Å². The number of carbonyl (C=O) groups excluding carboxylic acids is 2. The molecule has 0 spiro atoms. The van der Waals surface area contributed by atoms with E-state index in [1.807, 2.05) is 42.5 Å². The van der Waals surface area contributed by atoms with Gasteiger partial charge in [0.1, 0.15) is 0 Å². The Morgan fingerprint density at radius 3 is 2.24 bits per heavy atom. The van der Waals surface area contributed by atoms with E-state index in [9.17, 15) is 9.59 Å². The molecule has 2 saturated heterocycles. The number of hydrogen-bond donors (Lipinski definition) is 0. The van der Waals surface area contributed by atoms with Crippen LogP contribution >= 0.6 is 11.6 Å². The van der Waals surface area contributed by atoms with Gasteiger partial charge in [0.15, 0.2) is 0 Å². The minimum absolute atomic E-state index is 0.0305. The number of benzene rings is 2. The van der Waals surface area contributed by atoms with E-state index in [-0.39, 0.29) is 17.9 Å². The van der Waals surface area contributed by atoms with Crippen LogP contribution in [0.4, 0.5) is 0 Å². The number of halogens is 1. The molecule has 2 fully saturated rings. The lowest BCUT2D eigenvalue weighted by Gasteiger charge is -2.37. The second-order valence-electron chi connectivity index (χ2n) is 7.78. The average molecular weight is 412 g/mol. The molecule has 0 aromatic heterocycles. The Morgan fingerprint density at radius 1 is 0.862 bits per heavy atom. The van der Waals surface area contributed by atoms with E-state index in [1.165, 1.54) is 10.5 Å². The van der Waals surface area contributed by atoms with Crippen molar-refractivity contribution in [3.63, 3.8) is 0 Å². The highest BCUT2D eigenvalue weighted by molar-refractivity contribution is 6.30. The molecule has 0 aliphatic carbocycles. The summed E-state index contributed by atoms with van der Waals surface area (Å²) < 4.78 is 0. The van der Waals surface area contributed by atoms with Gasteiger partial charge in [0.05, 0.1) is 12.5 Å². The van der Waals surface area contributed by atoms with Gasteiger partial charge in [-0.3, -0.25) is 24.3 Å². The number of likely N-dealkylation sites (tertiary alicyclic amines) is 1. The molecule has 0 N–H and O–H groups in total. The fourth-order valence-corrected chi connectivity index (χ4v) is 4.28. The molecule has 2 amide bonds. The third kappa shape index (κ3) is 4.86. The molecule has 6 heteroatoms. The van der Waals surface area contributed by atoms with Crippen LogP contribution in [0.2, 0.25) is 5.02 Å². The van der Waals surface area contributed by atoms with Gasteiger partial charge in [0.25, 0.3) is 0 Å². The molecule has 0 bridgehead atoms. The van der Waals surface area contributed by atoms with Crippen LogP contribution in [0.3, 0.4) is 0 Å². The van der Waals surface area contributed by atoms with Crippen molar-refractivity contribution in [2.24, 2.45) is 0 Å². The van der Waals surface area contributed by atoms with Crippen molar-refractivity contribution in [3.05, 3.63) is 70.7 Å². The molecule has 2 aliphatic heterocycles. The van der Waals surface area contributed by atoms with E-state index in [2.05, 4.69) is 21.9 Å². The molecule has 2 aromatic carbocycles. The Labute approximate surface area is 176 Å². The van der Waals surface area contributed by atoms with Crippen LogP contribution in [0.25, 0.3) is 0 Å². The highest BCUT2D eigenvalue weighted by Gasteiger charge is 2.42. The number of piperazine rings is 1. The summed E-state index contributed by atoms with van der Waals surface area (Å²) >= 11 is 5.96. The van der Waals surface area contributed by atoms with E-state index in [0.717, 1.165) is 43.3 Å². The molecule has 152 valence electrons. The van der Waals surface area contributed by atoms with Crippen LogP contribution in [-0.2, 0) is 22.6 Å². The maximum atomic E-state index is 12.9. The first-order chi connectivity index (χ1) is 14.1. The maximum absolute atomic E-state index is 12.9. The lowest BCUT2D eigenvalue weighted by Crippen LogP contribution is -2.52. The van der Waals surface area contributed by atoms with Gasteiger partial charge in [-0.25, -0.2) is 0 Å². The Bertz CT molecular complexity index is 848. The zero-order valence-corrected chi connectivity index (χ0v) is 17.2. The molecule has 2 heterocycles. The van der Waals surface area contributed by atoms with Crippen molar-refractivity contribution in [2.75, 3.05) is 32.7 Å². The molecule has 2 aromatic rings. The van der Waals surface area contributed by atoms with Crippen molar-refractivity contribution >= 4 is 23.4 Å². The smallest absolute Gasteiger partial charge is 0.247 e. The van der Waals surface area contributed by atoms with Gasteiger partial charge in [-0.05, 0) is 29.7 Å². The Morgan fingerprint density at radius 2 is 1.55 bits per heavy atom. The molecule has 0 saturated carbocycles. The molecule has 29 heavy (non-hydrogen) atoms. The second kappa shape index (κ2) is 9.08. The third-order valence-electron chi connectivity index (χ3n) is 5.85. The average Bonchev–Trinajstić information content (AvgIpc) is 3.03. The standard InChI is InChI=1S/C23H26ClN3O2/c24-20-8-6-19(7-9-20)17-25-12-14-26(15-13-25)21-16-22(28)27(23(21)29)11-10-18-4-2-1-3-5-18/h1-9,21H,10-17H2/t21-/m1/s1. The zero-order valence-electron chi connectivity index (χ0n) is 16.5. The van der Waals surface area contributed by atoms with E-state index in [0.29, 0.717) is 19.4 Å². The molecule has 2 aliphatic rings. The fourth-order valence-electron chi connectivity index (χ4n) is 4.15. The van der Waals surface area contributed by atoms with E-state index in [1.54, 1.807) is 0 Å². The summed E-state index contributed by atoms with van der Waals surface area (Å²) in [4.78, 5) is 31.3. The first-order valence-corrected chi connectivity index (χ1v) is 10.6. The van der Waals surface area contributed by atoms with Crippen LogP contribution in [-0.4, -0.2) is 65.3 Å². The quantitative estimate of drug-likeness (QED) is 0.685. The van der Waals surface area contributed by atoms with Crippen molar-refractivity contribution in [3.8, 4) is 0 Å². The molecule has 5 nitrogen and oxygen atoms in total. The third-order valence-corrected chi connectivity index (χ3v) is 6.11. The van der Waals surface area contributed by atoms with Gasteiger partial charge in [0.2, 0.25) is 11.8 Å². The molecule has 1 atom stereocenters. The summed E-state index contributed by atoms with van der Waals surface area (Å²) in [6.07, 6.45) is 1.02. The summed E-state index contributed by atoms with van der Waals surface area (Å²) in [6, 6.07) is 17.6. The first-order valence-electron chi connectivity index (χ1n) is 10.2. The van der Waals surface area contributed by atoms with E-state index in [4.69, 9.17) is 11.6 Å². The van der Waals surface area contributed by atoms with Crippen LogP contribution in [0.5, 0.6) is 0 Å². The lowest BCUT2D eigenvalue weighted by molar-refractivity contribution is -0.139. The van der Waals surface area contributed by atoms with Crippen LogP contribution in [0.15, 0.2) is 54.6 Å². The van der Waals surface area contributed by atoms with E-state index >= 15 is 0 Å². The fraction of sp³-hybridized carbons (Fsp3) is 0.391. The van der Waals surface area contributed by atoms with Gasteiger partial charge < -0.3 is 0 Å². The summed E-state index contributed by atoms with van der Waals surface area (Å²) in [7, 11) is 0. The van der Waals surface area contributed by atoms with Crippen LogP contribution in [0, 0.1) is 0 Å². The Balaban J connectivity index is 1.29. The van der Waals surface area contributed by atoms with E-state index < -0.39 is 0 Å². The van der Waals surface area contributed by atoms with Gasteiger partial charge in [0, 0.05) is 44.3 Å². The predicted molar refractivity (Wildman–Crippen MR) is 114 cm³/mol. The maximum Gasteiger partial charge on any atom is 0.247 e. The summed E-state index contributed by atoms with van der Waals surface area (Å²) in [5.74, 6) is -0.0726. The van der Waals surface area contributed by atoms with Gasteiger partial charge >= 0.3 is 0 Å². The SMILES string of the molecule is O=C1C[C@@H](N2CCN(Cc3ccc(Cl)cc3)CC2)C(=O)N1CCc1ccccc1. The highest BCUT2D eigenvalue weighted by Crippen LogP contribution is 2.21. The number of amides is 2. The Kier molecular flexibility index (Phi) is 6.28. The van der Waals surface area contributed by atoms with Gasteiger partial charge in [-0.2, -0.15) is 0 Å². The normalized spacial score (nSPS) is 21.1. The minimum atomic E-state index is -0.295. The molecule has 4 rings (SSSR count). The van der Waals surface area contributed by atoms with Crippen molar-refractivity contribution in [2.45, 2.75) is 25.4 Å².